The van der Waals surface area contributed by atoms with Crippen LogP contribution < -0.4 is 5.73 Å². The Hall–Kier alpha value is -1.82. The van der Waals surface area contributed by atoms with Gasteiger partial charge in [0.2, 0.25) is 0 Å². The first-order chi connectivity index (χ1) is 10.8. The van der Waals surface area contributed by atoms with Crippen LogP contribution in [0.2, 0.25) is 5.02 Å². The van der Waals surface area contributed by atoms with Gasteiger partial charge in [-0.1, -0.05) is 11.6 Å². The normalized spacial score (nSPS) is 10.2. The fourth-order valence-electron chi connectivity index (χ4n) is 2.41. The van der Waals surface area contributed by atoms with Crippen LogP contribution in [0.5, 0.6) is 0 Å². The number of carbonyl (C=O) groups is 1. The van der Waals surface area contributed by atoms with Crippen molar-refractivity contribution in [3.63, 3.8) is 0 Å². The number of aromatic nitrogens is 1. The smallest absolute Gasteiger partial charge is 0.307 e. The van der Waals surface area contributed by atoms with E-state index in [9.17, 15) is 4.79 Å². The molecule has 0 unspecified atom stereocenters. The second-order valence-corrected chi connectivity index (χ2v) is 5.68. The van der Waals surface area contributed by atoms with Gasteiger partial charge in [-0.15, -0.1) is 0 Å². The zero-order valence-electron chi connectivity index (χ0n) is 13.6. The molecule has 4 N–H and O–H groups in total. The minimum atomic E-state index is -0.812. The molecule has 0 aliphatic carbocycles. The number of hydrogen-bond acceptors (Lipinski definition) is 3. The molecule has 126 valence electrons. The van der Waals surface area contributed by atoms with Crippen LogP contribution in [-0.2, 0) is 11.2 Å². The first-order valence-electron chi connectivity index (χ1n) is 7.28. The highest BCUT2D eigenvalue weighted by Gasteiger charge is 2.14. The van der Waals surface area contributed by atoms with Crippen LogP contribution in [0.15, 0.2) is 24.3 Å². The van der Waals surface area contributed by atoms with Crippen molar-refractivity contribution in [3.05, 3.63) is 51.8 Å². The van der Waals surface area contributed by atoms with E-state index in [4.69, 9.17) is 27.5 Å². The summed E-state index contributed by atoms with van der Waals surface area (Å²) in [6.45, 7) is 6.39. The highest BCUT2D eigenvalue weighted by molar-refractivity contribution is 6.30. The van der Waals surface area contributed by atoms with E-state index in [1.807, 2.05) is 45.0 Å². The number of aliphatic hydroxyl groups is 1. The fourth-order valence-corrected chi connectivity index (χ4v) is 2.64. The van der Waals surface area contributed by atoms with Gasteiger partial charge in [0.05, 0.1) is 13.0 Å². The Kier molecular flexibility index (Phi) is 7.29. The summed E-state index contributed by atoms with van der Waals surface area (Å²) in [5.74, 6) is -0.812. The van der Waals surface area contributed by atoms with Crippen molar-refractivity contribution in [1.29, 1.82) is 0 Å². The Morgan fingerprint density at radius 3 is 2.35 bits per heavy atom. The number of hydrogen-bond donors (Lipinski definition) is 3. The van der Waals surface area contributed by atoms with Gasteiger partial charge in [-0.2, -0.15) is 0 Å². The number of carboxylic acids is 1. The Balaban J connectivity index is 0.000000593. The topological polar surface area (TPSA) is 88.5 Å². The number of nitrogens with two attached hydrogens (primary N) is 1. The lowest BCUT2D eigenvalue weighted by atomic mass is 10.1. The summed E-state index contributed by atoms with van der Waals surface area (Å²) in [5.41, 5.74) is 9.72. The molecule has 2 rings (SSSR count). The van der Waals surface area contributed by atoms with Crippen LogP contribution >= 0.6 is 11.6 Å². The van der Waals surface area contributed by atoms with Gasteiger partial charge in [-0.05, 0) is 56.2 Å². The van der Waals surface area contributed by atoms with Crippen molar-refractivity contribution < 1.29 is 15.0 Å². The van der Waals surface area contributed by atoms with E-state index >= 15 is 0 Å². The fraction of sp³-hybridized carbons (Fsp3) is 0.353. The van der Waals surface area contributed by atoms with E-state index in [-0.39, 0.29) is 13.0 Å². The summed E-state index contributed by atoms with van der Waals surface area (Å²) < 4.78 is 2.07. The summed E-state index contributed by atoms with van der Waals surface area (Å²) >= 11 is 5.97. The molecule has 23 heavy (non-hydrogen) atoms. The monoisotopic (exact) mass is 338 g/mol. The van der Waals surface area contributed by atoms with Crippen LogP contribution in [-0.4, -0.2) is 33.9 Å². The molecule has 1 heterocycles. The summed E-state index contributed by atoms with van der Waals surface area (Å²) in [4.78, 5) is 10.9. The number of rotatable bonds is 4. The van der Waals surface area contributed by atoms with Crippen molar-refractivity contribution in [2.75, 3.05) is 13.2 Å². The zero-order chi connectivity index (χ0) is 17.6. The van der Waals surface area contributed by atoms with E-state index in [0.29, 0.717) is 11.6 Å². The summed E-state index contributed by atoms with van der Waals surface area (Å²) in [6, 6.07) is 7.64. The minimum Gasteiger partial charge on any atom is -0.481 e. The van der Waals surface area contributed by atoms with Crippen LogP contribution in [0.3, 0.4) is 0 Å². The van der Waals surface area contributed by atoms with E-state index in [1.165, 1.54) is 0 Å². The second kappa shape index (κ2) is 8.72. The van der Waals surface area contributed by atoms with Crippen LogP contribution in [0.1, 0.15) is 22.5 Å². The third-order valence-electron chi connectivity index (χ3n) is 3.41. The van der Waals surface area contributed by atoms with Gasteiger partial charge in [0, 0.05) is 28.6 Å². The summed E-state index contributed by atoms with van der Waals surface area (Å²) in [7, 11) is 0. The van der Waals surface area contributed by atoms with E-state index in [1.54, 1.807) is 0 Å². The maximum absolute atomic E-state index is 10.9. The first kappa shape index (κ1) is 19.2. The van der Waals surface area contributed by atoms with Gasteiger partial charge >= 0.3 is 5.97 Å². The molecule has 0 spiro atoms. The van der Waals surface area contributed by atoms with Crippen LogP contribution in [0.25, 0.3) is 5.69 Å². The maximum Gasteiger partial charge on any atom is 0.307 e. The van der Waals surface area contributed by atoms with E-state index in [2.05, 4.69) is 4.57 Å². The quantitative estimate of drug-likeness (QED) is 0.799. The number of carboxylic acid groups (broad SMARTS) is 1. The standard InChI is InChI=1S/C15H16ClNO2.C2H7NO/c1-9-6-13(16)4-5-14(9)17-10(2)7-12(11(17)3)8-15(18)19;3-1-2-4/h4-7H,8H2,1-3H3,(H,18,19);4H,1-3H2. The molecule has 0 aliphatic rings. The molecule has 0 radical (unpaired) electrons. The van der Waals surface area contributed by atoms with Crippen LogP contribution in [0, 0.1) is 20.8 Å². The van der Waals surface area contributed by atoms with Crippen molar-refractivity contribution >= 4 is 17.6 Å². The number of aliphatic carboxylic acids is 1. The molecule has 0 aliphatic heterocycles. The van der Waals surface area contributed by atoms with Crippen molar-refractivity contribution in [3.8, 4) is 5.69 Å². The predicted octanol–water partition coefficient (Wildman–Crippen LogP) is 2.62. The first-order valence-corrected chi connectivity index (χ1v) is 7.66. The molecule has 5 nitrogen and oxygen atoms in total. The minimum absolute atomic E-state index is 0.0479. The molecule has 0 atom stereocenters. The molecule has 1 aromatic carbocycles. The Morgan fingerprint density at radius 1 is 1.26 bits per heavy atom. The average molecular weight is 339 g/mol. The molecule has 2 aromatic rings. The Morgan fingerprint density at radius 2 is 1.87 bits per heavy atom. The highest BCUT2D eigenvalue weighted by atomic mass is 35.5. The van der Waals surface area contributed by atoms with Crippen molar-refractivity contribution in [2.45, 2.75) is 27.2 Å². The Labute approximate surface area is 141 Å². The summed E-state index contributed by atoms with van der Waals surface area (Å²) in [6.07, 6.45) is 0.0479. The number of aliphatic hydroxyl groups excluding tert-OH is 1. The van der Waals surface area contributed by atoms with Gasteiger partial charge < -0.3 is 20.5 Å². The molecule has 0 amide bonds. The predicted molar refractivity (Wildman–Crippen MR) is 92.5 cm³/mol. The molecule has 0 fully saturated rings. The van der Waals surface area contributed by atoms with Crippen molar-refractivity contribution in [2.24, 2.45) is 5.73 Å². The van der Waals surface area contributed by atoms with Crippen LogP contribution in [0.4, 0.5) is 0 Å². The largest absolute Gasteiger partial charge is 0.481 e. The number of halogens is 1. The van der Waals surface area contributed by atoms with Gasteiger partial charge in [0.15, 0.2) is 0 Å². The lowest BCUT2D eigenvalue weighted by Crippen LogP contribution is -2.04. The highest BCUT2D eigenvalue weighted by Crippen LogP contribution is 2.25. The SMILES string of the molecule is Cc1cc(Cl)ccc1-n1c(C)cc(CC(=O)O)c1C.NCCO. The van der Waals surface area contributed by atoms with E-state index < -0.39 is 5.97 Å². The number of aryl methyl sites for hydroxylation is 2. The average Bonchev–Trinajstić information content (AvgIpc) is 2.74. The third-order valence-corrected chi connectivity index (χ3v) is 3.64. The molecular formula is C17H23ClN2O3. The lowest BCUT2D eigenvalue weighted by Gasteiger charge is -2.13. The molecule has 0 saturated heterocycles. The summed E-state index contributed by atoms with van der Waals surface area (Å²) in [5, 5.41) is 17.4. The molecule has 0 saturated carbocycles. The zero-order valence-corrected chi connectivity index (χ0v) is 14.4. The van der Waals surface area contributed by atoms with Gasteiger partial charge in [-0.3, -0.25) is 4.79 Å². The molecule has 1 aromatic heterocycles. The van der Waals surface area contributed by atoms with E-state index in [0.717, 1.165) is 28.2 Å². The van der Waals surface area contributed by atoms with Gasteiger partial charge in [-0.25, -0.2) is 0 Å². The molecule has 0 bridgehead atoms. The second-order valence-electron chi connectivity index (χ2n) is 5.25. The van der Waals surface area contributed by atoms with Gasteiger partial charge in [0.25, 0.3) is 0 Å². The number of nitrogens with zero attached hydrogens (tertiary/aromatic N) is 1. The Bertz CT molecular complexity index is 679. The third kappa shape index (κ3) is 5.10. The molecular weight excluding hydrogens is 316 g/mol. The number of benzene rings is 1. The van der Waals surface area contributed by atoms with Gasteiger partial charge in [0.1, 0.15) is 0 Å². The molecule has 6 heteroatoms. The maximum atomic E-state index is 10.9. The van der Waals surface area contributed by atoms with Crippen molar-refractivity contribution in [1.82, 2.24) is 4.57 Å². The lowest BCUT2D eigenvalue weighted by molar-refractivity contribution is -0.136.